The minimum Gasteiger partial charge on any atom is -0.384 e. The first kappa shape index (κ1) is 14.8. The zero-order chi connectivity index (χ0) is 14.9. The van der Waals surface area contributed by atoms with Gasteiger partial charge in [-0.05, 0) is 18.2 Å². The van der Waals surface area contributed by atoms with Crippen molar-refractivity contribution in [3.8, 4) is 0 Å². The van der Waals surface area contributed by atoms with Crippen LogP contribution in [0.25, 0.3) is 0 Å². The number of nitrogen functional groups attached to an aromatic ring is 1. The van der Waals surface area contributed by atoms with Gasteiger partial charge in [0.15, 0.2) is 0 Å². The van der Waals surface area contributed by atoms with Crippen molar-refractivity contribution in [1.82, 2.24) is 0 Å². The van der Waals surface area contributed by atoms with Gasteiger partial charge in [0.2, 0.25) is 0 Å². The average molecular weight is 305 g/mol. The fraction of sp³-hybridized carbons (Fsp3) is 0.417. The van der Waals surface area contributed by atoms with Crippen molar-refractivity contribution in [3.63, 3.8) is 0 Å². The number of hydrogen-bond donors (Lipinski definition) is 2. The van der Waals surface area contributed by atoms with Gasteiger partial charge < -0.3 is 10.6 Å². The van der Waals surface area contributed by atoms with Crippen LogP contribution in [0.15, 0.2) is 18.2 Å². The van der Waals surface area contributed by atoms with E-state index in [0.717, 1.165) is 12.1 Å². The van der Waals surface area contributed by atoms with Gasteiger partial charge in [0.05, 0.1) is 5.56 Å². The smallest absolute Gasteiger partial charge is 0.384 e. The highest BCUT2D eigenvalue weighted by molar-refractivity contribution is 7.85. The van der Waals surface area contributed by atoms with Gasteiger partial charge in [-0.15, -0.1) is 0 Å². The minimum absolute atomic E-state index is 0.0625. The molecule has 1 heterocycles. The Morgan fingerprint density at radius 1 is 1.30 bits per heavy atom. The molecular formula is C12H14F3N3OS. The summed E-state index contributed by atoms with van der Waals surface area (Å²) in [6.07, 6.45) is -4.47. The van der Waals surface area contributed by atoms with E-state index in [1.165, 1.54) is 6.07 Å². The maximum absolute atomic E-state index is 12.7. The molecule has 110 valence electrons. The normalized spacial score (nSPS) is 17.2. The largest absolute Gasteiger partial charge is 0.416 e. The van der Waals surface area contributed by atoms with Gasteiger partial charge in [-0.2, -0.15) is 13.2 Å². The molecule has 20 heavy (non-hydrogen) atoms. The quantitative estimate of drug-likeness (QED) is 0.643. The number of nitrogens with one attached hydrogen (secondary N) is 1. The lowest BCUT2D eigenvalue weighted by Gasteiger charge is -2.30. The lowest BCUT2D eigenvalue weighted by Crippen LogP contribution is -2.39. The molecule has 0 bridgehead atoms. The molecule has 3 N–H and O–H groups in total. The second-order valence-electron chi connectivity index (χ2n) is 4.48. The van der Waals surface area contributed by atoms with Crippen LogP contribution in [0.1, 0.15) is 11.1 Å². The highest BCUT2D eigenvalue weighted by atomic mass is 32.2. The monoisotopic (exact) mass is 305 g/mol. The Morgan fingerprint density at radius 2 is 1.90 bits per heavy atom. The van der Waals surface area contributed by atoms with Crippen molar-refractivity contribution in [2.75, 3.05) is 29.5 Å². The van der Waals surface area contributed by atoms with Gasteiger partial charge in [0.1, 0.15) is 5.84 Å². The zero-order valence-electron chi connectivity index (χ0n) is 10.5. The maximum Gasteiger partial charge on any atom is 0.416 e. The van der Waals surface area contributed by atoms with Gasteiger partial charge >= 0.3 is 6.18 Å². The molecule has 0 spiro atoms. The van der Waals surface area contributed by atoms with E-state index >= 15 is 0 Å². The fourth-order valence-electron chi connectivity index (χ4n) is 2.08. The average Bonchev–Trinajstić information content (AvgIpc) is 2.38. The SMILES string of the molecule is N=C(N)c1cc(C(F)(F)F)ccc1N1CCS(=O)CC1. The fourth-order valence-corrected chi connectivity index (χ4v) is 3.13. The van der Waals surface area contributed by atoms with E-state index in [4.69, 9.17) is 11.1 Å². The second kappa shape index (κ2) is 5.43. The molecule has 1 aromatic carbocycles. The Kier molecular flexibility index (Phi) is 4.03. The lowest BCUT2D eigenvalue weighted by molar-refractivity contribution is -0.137. The van der Waals surface area contributed by atoms with E-state index < -0.39 is 28.4 Å². The molecular weight excluding hydrogens is 291 g/mol. The summed E-state index contributed by atoms with van der Waals surface area (Å²) in [6.45, 7) is 0.969. The summed E-state index contributed by atoms with van der Waals surface area (Å²) in [5, 5.41) is 7.46. The van der Waals surface area contributed by atoms with E-state index in [1.807, 2.05) is 4.90 Å². The number of benzene rings is 1. The number of halogens is 3. The van der Waals surface area contributed by atoms with E-state index in [1.54, 1.807) is 0 Å². The molecule has 1 fully saturated rings. The van der Waals surface area contributed by atoms with Gasteiger partial charge in [-0.25, -0.2) is 0 Å². The predicted molar refractivity (Wildman–Crippen MR) is 72.5 cm³/mol. The van der Waals surface area contributed by atoms with Crippen LogP contribution in [0.3, 0.4) is 0 Å². The lowest BCUT2D eigenvalue weighted by atomic mass is 10.1. The first-order valence-corrected chi connectivity index (χ1v) is 7.43. The highest BCUT2D eigenvalue weighted by Gasteiger charge is 2.32. The molecule has 0 atom stereocenters. The summed E-state index contributed by atoms with van der Waals surface area (Å²) >= 11 is 0. The van der Waals surface area contributed by atoms with Crippen LogP contribution in [0.4, 0.5) is 18.9 Å². The van der Waals surface area contributed by atoms with Gasteiger partial charge in [0.25, 0.3) is 0 Å². The van der Waals surface area contributed by atoms with Crippen molar-refractivity contribution in [2.45, 2.75) is 6.18 Å². The van der Waals surface area contributed by atoms with Crippen LogP contribution in [-0.2, 0) is 17.0 Å². The van der Waals surface area contributed by atoms with Crippen molar-refractivity contribution in [2.24, 2.45) is 5.73 Å². The Hall–Kier alpha value is -1.57. The number of rotatable bonds is 2. The predicted octanol–water partition coefficient (Wildman–Crippen LogP) is 1.56. The van der Waals surface area contributed by atoms with Crippen molar-refractivity contribution in [1.29, 1.82) is 5.41 Å². The molecule has 1 aromatic rings. The van der Waals surface area contributed by atoms with Gasteiger partial charge in [-0.3, -0.25) is 9.62 Å². The van der Waals surface area contributed by atoms with Crippen molar-refractivity contribution in [3.05, 3.63) is 29.3 Å². The second-order valence-corrected chi connectivity index (χ2v) is 6.17. The summed E-state index contributed by atoms with van der Waals surface area (Å²) in [4.78, 5) is 1.82. The Bertz CT molecular complexity index is 549. The van der Waals surface area contributed by atoms with Crippen molar-refractivity contribution < 1.29 is 17.4 Å². The Labute approximate surface area is 116 Å². The van der Waals surface area contributed by atoms with E-state index in [0.29, 0.717) is 30.3 Å². The standard InChI is InChI=1S/C12H14F3N3OS/c13-12(14,15)8-1-2-10(9(7-8)11(16)17)18-3-5-20(19)6-4-18/h1-2,7H,3-6H2,(H3,16,17). The van der Waals surface area contributed by atoms with Gasteiger partial charge in [-0.1, -0.05) is 0 Å². The van der Waals surface area contributed by atoms with Crippen LogP contribution in [-0.4, -0.2) is 34.6 Å². The molecule has 8 heteroatoms. The molecule has 0 amide bonds. The summed E-state index contributed by atoms with van der Waals surface area (Å²) in [6, 6.07) is 3.20. The number of nitrogens with two attached hydrogens (primary N) is 1. The summed E-state index contributed by atoms with van der Waals surface area (Å²) in [5.74, 6) is 0.536. The third-order valence-corrected chi connectivity index (χ3v) is 4.41. The van der Waals surface area contributed by atoms with Crippen LogP contribution >= 0.6 is 0 Å². The number of alkyl halides is 3. The molecule has 4 nitrogen and oxygen atoms in total. The first-order valence-electron chi connectivity index (χ1n) is 5.94. The topological polar surface area (TPSA) is 70.2 Å². The zero-order valence-corrected chi connectivity index (χ0v) is 11.4. The maximum atomic E-state index is 12.7. The van der Waals surface area contributed by atoms with E-state index in [-0.39, 0.29) is 5.56 Å². The van der Waals surface area contributed by atoms with Crippen LogP contribution in [0, 0.1) is 5.41 Å². The van der Waals surface area contributed by atoms with E-state index in [9.17, 15) is 17.4 Å². The van der Waals surface area contributed by atoms with E-state index in [2.05, 4.69) is 0 Å². The number of hydrogen-bond acceptors (Lipinski definition) is 3. The molecule has 0 aromatic heterocycles. The molecule has 2 rings (SSSR count). The third-order valence-electron chi connectivity index (χ3n) is 3.13. The molecule has 0 radical (unpaired) electrons. The minimum atomic E-state index is -4.47. The summed E-state index contributed by atoms with van der Waals surface area (Å²) in [5.41, 5.74) is 5.11. The molecule has 1 aliphatic rings. The Morgan fingerprint density at radius 3 is 2.40 bits per heavy atom. The molecule has 0 unspecified atom stereocenters. The molecule has 0 aliphatic carbocycles. The van der Waals surface area contributed by atoms with Crippen LogP contribution in [0.2, 0.25) is 0 Å². The third kappa shape index (κ3) is 3.12. The Balaban J connectivity index is 2.38. The highest BCUT2D eigenvalue weighted by Crippen LogP contribution is 2.33. The van der Waals surface area contributed by atoms with Crippen LogP contribution < -0.4 is 10.6 Å². The molecule has 1 saturated heterocycles. The first-order chi connectivity index (χ1) is 9.29. The molecule has 0 saturated carbocycles. The summed E-state index contributed by atoms with van der Waals surface area (Å²) < 4.78 is 49.4. The molecule has 1 aliphatic heterocycles. The summed E-state index contributed by atoms with van der Waals surface area (Å²) in [7, 11) is -0.877. The van der Waals surface area contributed by atoms with Crippen molar-refractivity contribution >= 4 is 22.3 Å². The van der Waals surface area contributed by atoms with Crippen LogP contribution in [0.5, 0.6) is 0 Å². The number of amidine groups is 1. The number of nitrogens with zero attached hydrogens (tertiary/aromatic N) is 1. The number of anilines is 1. The van der Waals surface area contributed by atoms with Gasteiger partial charge in [0, 0.05) is 46.6 Å².